The van der Waals surface area contributed by atoms with Gasteiger partial charge in [-0.05, 0) is 35.7 Å². The van der Waals surface area contributed by atoms with Gasteiger partial charge >= 0.3 is 0 Å². The molecule has 0 radical (unpaired) electrons. The summed E-state index contributed by atoms with van der Waals surface area (Å²) in [5.74, 6) is 0.0402. The summed E-state index contributed by atoms with van der Waals surface area (Å²) in [6.07, 6.45) is 0.816. The third-order valence-electron chi connectivity index (χ3n) is 2.76. The molecular weight excluding hydrogens is 261 g/mol. The number of ether oxygens (including phenoxy) is 1. The van der Waals surface area contributed by atoms with Crippen LogP contribution in [0.2, 0.25) is 0 Å². The number of thiophene rings is 1. The summed E-state index contributed by atoms with van der Waals surface area (Å²) < 4.78 is 19.3. The van der Waals surface area contributed by atoms with Gasteiger partial charge in [-0.2, -0.15) is 0 Å². The van der Waals surface area contributed by atoms with Crippen LogP contribution in [-0.4, -0.2) is 13.2 Å². The van der Waals surface area contributed by atoms with Crippen molar-refractivity contribution in [3.63, 3.8) is 0 Å². The lowest BCUT2D eigenvalue weighted by Crippen LogP contribution is -2.12. The van der Waals surface area contributed by atoms with Crippen molar-refractivity contribution in [1.82, 2.24) is 5.32 Å². The zero-order valence-corrected chi connectivity index (χ0v) is 11.8. The van der Waals surface area contributed by atoms with Crippen LogP contribution in [0.15, 0.2) is 35.7 Å². The first-order chi connectivity index (χ1) is 9.29. The van der Waals surface area contributed by atoms with Crippen LogP contribution in [-0.2, 0) is 13.0 Å². The van der Waals surface area contributed by atoms with E-state index >= 15 is 0 Å². The molecule has 1 aromatic heterocycles. The Balaban J connectivity index is 1.86. The first-order valence-electron chi connectivity index (χ1n) is 6.44. The molecule has 19 heavy (non-hydrogen) atoms. The van der Waals surface area contributed by atoms with E-state index in [4.69, 9.17) is 4.74 Å². The van der Waals surface area contributed by atoms with Gasteiger partial charge in [0.15, 0.2) is 11.6 Å². The summed E-state index contributed by atoms with van der Waals surface area (Å²) in [7, 11) is 0. The Hall–Kier alpha value is -1.39. The maximum atomic E-state index is 13.8. The molecule has 0 saturated heterocycles. The number of hydrogen-bond donors (Lipinski definition) is 1. The summed E-state index contributed by atoms with van der Waals surface area (Å²) in [5.41, 5.74) is 0.935. The smallest absolute Gasteiger partial charge is 0.165 e. The molecule has 0 unspecified atom stereocenters. The van der Waals surface area contributed by atoms with Crippen LogP contribution in [0.5, 0.6) is 5.75 Å². The molecule has 1 N–H and O–H groups in total. The molecule has 4 heteroatoms. The van der Waals surface area contributed by atoms with Crippen LogP contribution in [0, 0.1) is 5.82 Å². The van der Waals surface area contributed by atoms with Crippen molar-refractivity contribution >= 4 is 11.3 Å². The van der Waals surface area contributed by atoms with Crippen LogP contribution in [0.3, 0.4) is 0 Å². The summed E-state index contributed by atoms with van der Waals surface area (Å²) in [6.45, 7) is 4.09. The summed E-state index contributed by atoms with van der Waals surface area (Å²) in [4.78, 5) is 1.25. The minimum atomic E-state index is -0.290. The molecule has 0 bridgehead atoms. The average Bonchev–Trinajstić information content (AvgIpc) is 2.92. The monoisotopic (exact) mass is 279 g/mol. The number of rotatable bonds is 7. The number of nitrogens with one attached hydrogen (secondary N) is 1. The predicted molar refractivity (Wildman–Crippen MR) is 77.3 cm³/mol. The fourth-order valence-corrected chi connectivity index (χ4v) is 2.45. The van der Waals surface area contributed by atoms with E-state index in [0.717, 1.165) is 18.5 Å². The van der Waals surface area contributed by atoms with Crippen LogP contribution in [0.4, 0.5) is 4.39 Å². The van der Waals surface area contributed by atoms with Crippen molar-refractivity contribution in [2.24, 2.45) is 0 Å². The first kappa shape index (κ1) is 14.0. The Kier molecular flexibility index (Phi) is 5.36. The molecule has 0 fully saturated rings. The van der Waals surface area contributed by atoms with Crippen molar-refractivity contribution in [3.05, 3.63) is 52.0 Å². The van der Waals surface area contributed by atoms with Crippen LogP contribution in [0.1, 0.15) is 17.4 Å². The standard InChI is InChI=1S/C15H18FNOS/c1-2-17-11-12-5-6-15(14(16)10-12)18-8-7-13-4-3-9-19-13/h3-6,9-10,17H,2,7-8,11H2,1H3. The molecule has 0 amide bonds. The van der Waals surface area contributed by atoms with E-state index < -0.39 is 0 Å². The van der Waals surface area contributed by atoms with Crippen LogP contribution in [0.25, 0.3) is 0 Å². The highest BCUT2D eigenvalue weighted by atomic mass is 32.1. The fourth-order valence-electron chi connectivity index (χ4n) is 1.76. The van der Waals surface area contributed by atoms with Crippen LogP contribution >= 0.6 is 11.3 Å². The second-order valence-electron chi connectivity index (χ2n) is 4.22. The molecule has 102 valence electrons. The molecule has 1 aromatic carbocycles. The van der Waals surface area contributed by atoms with Crippen molar-refractivity contribution < 1.29 is 9.13 Å². The van der Waals surface area contributed by atoms with Gasteiger partial charge in [0.2, 0.25) is 0 Å². The predicted octanol–water partition coefficient (Wildman–Crippen LogP) is 3.62. The van der Waals surface area contributed by atoms with Crippen molar-refractivity contribution in [3.8, 4) is 5.75 Å². The molecule has 2 aromatic rings. The van der Waals surface area contributed by atoms with Crippen LogP contribution < -0.4 is 10.1 Å². The zero-order valence-electron chi connectivity index (χ0n) is 11.0. The van der Waals surface area contributed by atoms with E-state index in [1.807, 2.05) is 24.4 Å². The van der Waals surface area contributed by atoms with Gasteiger partial charge in [-0.25, -0.2) is 4.39 Å². The largest absolute Gasteiger partial charge is 0.490 e. The minimum absolute atomic E-state index is 0.290. The molecular formula is C15H18FNOS. The van der Waals surface area contributed by atoms with E-state index in [2.05, 4.69) is 11.4 Å². The average molecular weight is 279 g/mol. The van der Waals surface area contributed by atoms with Gasteiger partial charge in [0, 0.05) is 17.8 Å². The van der Waals surface area contributed by atoms with E-state index in [1.54, 1.807) is 17.4 Å². The fraction of sp³-hybridized carbons (Fsp3) is 0.333. The second-order valence-corrected chi connectivity index (χ2v) is 5.26. The van der Waals surface area contributed by atoms with Gasteiger partial charge in [0.1, 0.15) is 0 Å². The van der Waals surface area contributed by atoms with Gasteiger partial charge in [-0.15, -0.1) is 11.3 Å². The van der Waals surface area contributed by atoms with Gasteiger partial charge in [-0.1, -0.05) is 19.1 Å². The number of benzene rings is 1. The molecule has 0 aliphatic heterocycles. The lowest BCUT2D eigenvalue weighted by molar-refractivity contribution is 0.306. The van der Waals surface area contributed by atoms with Gasteiger partial charge in [0.25, 0.3) is 0 Å². The molecule has 0 atom stereocenters. The van der Waals surface area contributed by atoms with Crippen molar-refractivity contribution in [1.29, 1.82) is 0 Å². The minimum Gasteiger partial charge on any atom is -0.490 e. The zero-order chi connectivity index (χ0) is 13.5. The summed E-state index contributed by atoms with van der Waals surface area (Å²) in [5, 5.41) is 5.20. The van der Waals surface area contributed by atoms with Crippen molar-refractivity contribution in [2.75, 3.05) is 13.2 Å². The third kappa shape index (κ3) is 4.33. The molecule has 2 rings (SSSR count). The van der Waals surface area contributed by atoms with Gasteiger partial charge < -0.3 is 10.1 Å². The maximum absolute atomic E-state index is 13.8. The van der Waals surface area contributed by atoms with Gasteiger partial charge in [-0.3, -0.25) is 0 Å². The molecule has 2 nitrogen and oxygen atoms in total. The first-order valence-corrected chi connectivity index (χ1v) is 7.32. The van der Waals surface area contributed by atoms with E-state index in [9.17, 15) is 4.39 Å². The van der Waals surface area contributed by atoms with E-state index in [0.29, 0.717) is 18.9 Å². The van der Waals surface area contributed by atoms with Gasteiger partial charge in [0.05, 0.1) is 6.61 Å². The van der Waals surface area contributed by atoms with E-state index in [1.165, 1.54) is 10.9 Å². The van der Waals surface area contributed by atoms with Crippen molar-refractivity contribution in [2.45, 2.75) is 19.9 Å². The van der Waals surface area contributed by atoms with E-state index in [-0.39, 0.29) is 5.82 Å². The quantitative estimate of drug-likeness (QED) is 0.836. The summed E-state index contributed by atoms with van der Waals surface area (Å²) in [6, 6.07) is 9.20. The Morgan fingerprint density at radius 1 is 1.32 bits per heavy atom. The summed E-state index contributed by atoms with van der Waals surface area (Å²) >= 11 is 1.69. The maximum Gasteiger partial charge on any atom is 0.165 e. The normalized spacial score (nSPS) is 10.6. The lowest BCUT2D eigenvalue weighted by atomic mass is 10.2. The molecule has 0 aliphatic carbocycles. The second kappa shape index (κ2) is 7.26. The SMILES string of the molecule is CCNCc1ccc(OCCc2cccs2)c(F)c1. The Bertz CT molecular complexity index is 499. The highest BCUT2D eigenvalue weighted by molar-refractivity contribution is 7.09. The Morgan fingerprint density at radius 2 is 2.21 bits per heavy atom. The molecule has 0 aliphatic rings. The Morgan fingerprint density at radius 3 is 2.89 bits per heavy atom. The molecule has 0 spiro atoms. The Labute approximate surface area is 117 Å². The molecule has 1 heterocycles. The number of hydrogen-bond acceptors (Lipinski definition) is 3. The lowest BCUT2D eigenvalue weighted by Gasteiger charge is -2.08. The molecule has 0 saturated carbocycles. The highest BCUT2D eigenvalue weighted by Gasteiger charge is 2.05. The topological polar surface area (TPSA) is 21.3 Å². The number of halogens is 1. The highest BCUT2D eigenvalue weighted by Crippen LogP contribution is 2.19. The third-order valence-corrected chi connectivity index (χ3v) is 3.70.